The van der Waals surface area contributed by atoms with Crippen molar-refractivity contribution in [3.8, 4) is 0 Å². The summed E-state index contributed by atoms with van der Waals surface area (Å²) in [5.41, 5.74) is 0.495. The Hall–Kier alpha value is -1.49. The van der Waals surface area contributed by atoms with Crippen LogP contribution in [0.2, 0.25) is 0 Å². The van der Waals surface area contributed by atoms with E-state index in [0.29, 0.717) is 11.6 Å². The van der Waals surface area contributed by atoms with Crippen LogP contribution in [-0.2, 0) is 0 Å². The van der Waals surface area contributed by atoms with Crippen LogP contribution >= 0.6 is 0 Å². The molecule has 22 heavy (non-hydrogen) atoms. The second kappa shape index (κ2) is 7.68. The third-order valence-electron chi connectivity index (χ3n) is 4.11. The first-order chi connectivity index (χ1) is 10.5. The lowest BCUT2D eigenvalue weighted by molar-refractivity contribution is 0.0760. The molecule has 0 aromatic carbocycles. The summed E-state index contributed by atoms with van der Waals surface area (Å²) in [4.78, 5) is 25.4. The Morgan fingerprint density at radius 1 is 1.32 bits per heavy atom. The number of amides is 1. The van der Waals surface area contributed by atoms with Crippen molar-refractivity contribution in [2.24, 2.45) is 5.92 Å². The summed E-state index contributed by atoms with van der Waals surface area (Å²) in [6.07, 6.45) is 4.29. The van der Waals surface area contributed by atoms with Gasteiger partial charge in [-0.25, -0.2) is 9.97 Å². The minimum absolute atomic E-state index is 0.0161. The summed E-state index contributed by atoms with van der Waals surface area (Å²) in [5, 5.41) is 0. The molecule has 1 aromatic rings. The number of likely N-dealkylation sites (tertiary alicyclic amines) is 1. The van der Waals surface area contributed by atoms with Crippen molar-refractivity contribution >= 4 is 5.91 Å². The Bertz CT molecular complexity index is 497. The van der Waals surface area contributed by atoms with Crippen molar-refractivity contribution in [1.29, 1.82) is 0 Å². The first-order valence-electron chi connectivity index (χ1n) is 8.28. The molecule has 1 amide bonds. The van der Waals surface area contributed by atoms with E-state index in [4.69, 9.17) is 0 Å². The number of nitrogens with zero attached hydrogens (tertiary/aromatic N) is 4. The van der Waals surface area contributed by atoms with Crippen LogP contribution in [0.1, 0.15) is 55.8 Å². The molecule has 2 rings (SSSR count). The van der Waals surface area contributed by atoms with Crippen LogP contribution in [0.4, 0.5) is 0 Å². The summed E-state index contributed by atoms with van der Waals surface area (Å²) in [7, 11) is 1.86. The Labute approximate surface area is 133 Å². The van der Waals surface area contributed by atoms with Gasteiger partial charge in [0.1, 0.15) is 11.5 Å². The largest absolute Gasteiger partial charge is 0.340 e. The van der Waals surface area contributed by atoms with Gasteiger partial charge in [-0.05, 0) is 37.9 Å². The molecule has 1 saturated heterocycles. The molecule has 0 aliphatic carbocycles. The van der Waals surface area contributed by atoms with Gasteiger partial charge < -0.3 is 9.80 Å². The molecule has 1 aliphatic rings. The number of hydrogen-bond donors (Lipinski definition) is 0. The second-order valence-corrected chi connectivity index (χ2v) is 6.75. The highest BCUT2D eigenvalue weighted by molar-refractivity contribution is 5.92. The zero-order valence-corrected chi connectivity index (χ0v) is 14.2. The number of hydrogen-bond acceptors (Lipinski definition) is 4. The van der Waals surface area contributed by atoms with Gasteiger partial charge in [-0.3, -0.25) is 4.79 Å². The highest BCUT2D eigenvalue weighted by atomic mass is 16.2. The predicted molar refractivity (Wildman–Crippen MR) is 87.9 cm³/mol. The molecule has 1 unspecified atom stereocenters. The van der Waals surface area contributed by atoms with Gasteiger partial charge in [0.05, 0.1) is 0 Å². The molecule has 1 aromatic heterocycles. The van der Waals surface area contributed by atoms with E-state index in [1.54, 1.807) is 17.2 Å². The van der Waals surface area contributed by atoms with Gasteiger partial charge in [0.25, 0.3) is 5.91 Å². The fraction of sp³-hybridized carbons (Fsp3) is 0.706. The summed E-state index contributed by atoms with van der Waals surface area (Å²) in [6.45, 7) is 10.5. The van der Waals surface area contributed by atoms with Crippen molar-refractivity contribution in [2.75, 3.05) is 33.2 Å². The fourth-order valence-corrected chi connectivity index (χ4v) is 2.98. The van der Waals surface area contributed by atoms with E-state index in [0.717, 1.165) is 18.9 Å². The molecule has 122 valence electrons. The molecule has 1 aliphatic heterocycles. The number of rotatable bonds is 6. The molecular weight excluding hydrogens is 276 g/mol. The van der Waals surface area contributed by atoms with Gasteiger partial charge in [0, 0.05) is 32.3 Å². The lowest BCUT2D eigenvalue weighted by atomic mass is 10.1. The third-order valence-corrected chi connectivity index (χ3v) is 4.11. The van der Waals surface area contributed by atoms with Crippen molar-refractivity contribution in [3.63, 3.8) is 0 Å². The van der Waals surface area contributed by atoms with E-state index >= 15 is 0 Å². The van der Waals surface area contributed by atoms with Crippen LogP contribution in [0.5, 0.6) is 0 Å². The van der Waals surface area contributed by atoms with Gasteiger partial charge in [0.2, 0.25) is 0 Å². The zero-order valence-electron chi connectivity index (χ0n) is 14.2. The van der Waals surface area contributed by atoms with Gasteiger partial charge in [-0.15, -0.1) is 0 Å². The van der Waals surface area contributed by atoms with Crippen LogP contribution in [0, 0.1) is 5.92 Å². The minimum atomic E-state index is -0.0161. The topological polar surface area (TPSA) is 49.3 Å². The molecule has 0 N–H and O–H groups in total. The van der Waals surface area contributed by atoms with Crippen LogP contribution in [0.15, 0.2) is 12.3 Å². The molecule has 1 atom stereocenters. The molecule has 2 heterocycles. The Morgan fingerprint density at radius 2 is 2.00 bits per heavy atom. The first-order valence-corrected chi connectivity index (χ1v) is 8.28. The molecule has 1 fully saturated rings. The van der Waals surface area contributed by atoms with Crippen LogP contribution < -0.4 is 0 Å². The van der Waals surface area contributed by atoms with E-state index in [2.05, 4.69) is 21.8 Å². The number of carbonyl (C=O) groups is 1. The molecule has 5 nitrogen and oxygen atoms in total. The fourth-order valence-electron chi connectivity index (χ4n) is 2.98. The van der Waals surface area contributed by atoms with Crippen molar-refractivity contribution in [2.45, 2.75) is 39.5 Å². The monoisotopic (exact) mass is 304 g/mol. The first kappa shape index (κ1) is 16.9. The lowest BCUT2D eigenvalue weighted by Gasteiger charge is -2.25. The minimum Gasteiger partial charge on any atom is -0.340 e. The second-order valence-electron chi connectivity index (χ2n) is 6.75. The molecule has 0 saturated carbocycles. The van der Waals surface area contributed by atoms with E-state index in [1.807, 2.05) is 20.9 Å². The van der Waals surface area contributed by atoms with Crippen molar-refractivity contribution in [1.82, 2.24) is 19.8 Å². The van der Waals surface area contributed by atoms with Crippen LogP contribution in [0.25, 0.3) is 0 Å². The number of carbonyl (C=O) groups excluding carboxylic acids is 1. The standard InChI is InChI=1S/C17H28N4O/c1-13(2)16-18-8-7-15(19-16)17(22)20(4)11-14(3)12-21-9-5-6-10-21/h7-8,13-14H,5-6,9-12H2,1-4H3. The van der Waals surface area contributed by atoms with E-state index < -0.39 is 0 Å². The maximum Gasteiger partial charge on any atom is 0.272 e. The van der Waals surface area contributed by atoms with E-state index in [-0.39, 0.29) is 11.8 Å². The summed E-state index contributed by atoms with van der Waals surface area (Å²) >= 11 is 0. The Balaban J connectivity index is 1.92. The highest BCUT2D eigenvalue weighted by Gasteiger charge is 2.19. The van der Waals surface area contributed by atoms with Crippen LogP contribution in [-0.4, -0.2) is 58.9 Å². The lowest BCUT2D eigenvalue weighted by Crippen LogP contribution is -2.36. The van der Waals surface area contributed by atoms with Gasteiger partial charge in [0.15, 0.2) is 0 Å². The maximum absolute atomic E-state index is 12.5. The highest BCUT2D eigenvalue weighted by Crippen LogP contribution is 2.13. The molecule has 0 radical (unpaired) electrons. The number of aromatic nitrogens is 2. The Kier molecular flexibility index (Phi) is 5.89. The van der Waals surface area contributed by atoms with Crippen molar-refractivity contribution in [3.05, 3.63) is 23.8 Å². The molecule has 5 heteroatoms. The zero-order chi connectivity index (χ0) is 16.1. The van der Waals surface area contributed by atoms with E-state index in [1.165, 1.54) is 25.9 Å². The van der Waals surface area contributed by atoms with Gasteiger partial charge in [-0.1, -0.05) is 20.8 Å². The Morgan fingerprint density at radius 3 is 2.64 bits per heavy atom. The SMILES string of the molecule is CC(CN1CCCC1)CN(C)C(=O)c1ccnc(C(C)C)n1. The summed E-state index contributed by atoms with van der Waals surface area (Å²) in [6, 6.07) is 1.70. The van der Waals surface area contributed by atoms with Gasteiger partial charge >= 0.3 is 0 Å². The van der Waals surface area contributed by atoms with Crippen molar-refractivity contribution < 1.29 is 4.79 Å². The normalized spacial score (nSPS) is 17.0. The average molecular weight is 304 g/mol. The third kappa shape index (κ3) is 4.50. The average Bonchev–Trinajstić information content (AvgIpc) is 2.99. The van der Waals surface area contributed by atoms with Crippen LogP contribution in [0.3, 0.4) is 0 Å². The van der Waals surface area contributed by atoms with E-state index in [9.17, 15) is 4.79 Å². The summed E-state index contributed by atoms with van der Waals surface area (Å²) in [5.74, 6) is 1.41. The molecular formula is C17H28N4O. The smallest absolute Gasteiger partial charge is 0.272 e. The maximum atomic E-state index is 12.5. The van der Waals surface area contributed by atoms with Gasteiger partial charge in [-0.2, -0.15) is 0 Å². The predicted octanol–water partition coefficient (Wildman–Crippen LogP) is 2.40. The summed E-state index contributed by atoms with van der Waals surface area (Å²) < 4.78 is 0. The molecule has 0 spiro atoms. The quantitative estimate of drug-likeness (QED) is 0.810. The molecule has 0 bridgehead atoms.